The van der Waals surface area contributed by atoms with E-state index in [-0.39, 0.29) is 12.6 Å². The summed E-state index contributed by atoms with van der Waals surface area (Å²) in [4.78, 5) is 15.9. The van der Waals surface area contributed by atoms with Gasteiger partial charge in [-0.2, -0.15) is 5.10 Å². The monoisotopic (exact) mass is 315 g/mol. The Bertz CT molecular complexity index is 652. The number of nitrogens with zero attached hydrogens (tertiary/aromatic N) is 3. The fourth-order valence-corrected chi connectivity index (χ4v) is 2.59. The zero-order valence-corrected chi connectivity index (χ0v) is 13.1. The van der Waals surface area contributed by atoms with Gasteiger partial charge in [0.1, 0.15) is 12.7 Å². The summed E-state index contributed by atoms with van der Waals surface area (Å²) in [6.45, 7) is 2.27. The molecule has 122 valence electrons. The summed E-state index contributed by atoms with van der Waals surface area (Å²) in [5, 5.41) is 19.3. The van der Waals surface area contributed by atoms with Crippen LogP contribution in [0.4, 0.5) is 4.79 Å². The molecule has 1 aromatic carbocycles. The van der Waals surface area contributed by atoms with Crippen molar-refractivity contribution in [2.24, 2.45) is 5.92 Å². The molecule has 3 rings (SSSR count). The third-order valence-electron chi connectivity index (χ3n) is 4.28. The van der Waals surface area contributed by atoms with Crippen molar-refractivity contribution in [3.8, 4) is 5.69 Å². The number of aromatic nitrogens is 3. The molecule has 2 aromatic rings. The van der Waals surface area contributed by atoms with Crippen LogP contribution < -0.4 is 10.6 Å². The number of amides is 2. The normalized spacial score (nSPS) is 16.6. The van der Waals surface area contributed by atoms with Crippen LogP contribution in [-0.4, -0.2) is 38.0 Å². The zero-order valence-electron chi connectivity index (χ0n) is 13.1. The maximum absolute atomic E-state index is 12.0. The molecule has 0 saturated heterocycles. The maximum atomic E-state index is 12.0. The van der Waals surface area contributed by atoms with E-state index in [9.17, 15) is 9.90 Å². The molecule has 0 bridgehead atoms. The summed E-state index contributed by atoms with van der Waals surface area (Å²) in [5.41, 5.74) is 1.37. The number of carbonyl (C=O) groups excluding carboxylic acids is 1. The number of hydrogen-bond acceptors (Lipinski definition) is 4. The average molecular weight is 315 g/mol. The number of aliphatic hydroxyl groups excluding tert-OH is 1. The van der Waals surface area contributed by atoms with E-state index >= 15 is 0 Å². The van der Waals surface area contributed by atoms with Gasteiger partial charge in [0.15, 0.2) is 0 Å². The highest BCUT2D eigenvalue weighted by molar-refractivity contribution is 5.74. The van der Waals surface area contributed by atoms with E-state index in [1.165, 1.54) is 6.33 Å². The smallest absolute Gasteiger partial charge is 0.315 e. The molecule has 1 heterocycles. The first-order chi connectivity index (χ1) is 11.1. The molecule has 0 aliphatic heterocycles. The Morgan fingerprint density at radius 3 is 2.70 bits per heavy atom. The quantitative estimate of drug-likeness (QED) is 0.747. The second-order valence-corrected chi connectivity index (χ2v) is 6.16. The van der Waals surface area contributed by atoms with E-state index in [1.54, 1.807) is 11.0 Å². The van der Waals surface area contributed by atoms with E-state index < -0.39 is 5.54 Å². The number of carbonyl (C=O) groups is 1. The van der Waals surface area contributed by atoms with Crippen molar-refractivity contribution in [1.82, 2.24) is 25.4 Å². The average Bonchev–Trinajstić information content (AvgIpc) is 3.29. The van der Waals surface area contributed by atoms with Crippen LogP contribution in [0.25, 0.3) is 5.69 Å². The van der Waals surface area contributed by atoms with Crippen molar-refractivity contribution >= 4 is 6.03 Å². The van der Waals surface area contributed by atoms with Crippen LogP contribution >= 0.6 is 0 Å². The Labute approximate surface area is 134 Å². The molecule has 1 fully saturated rings. The third-order valence-corrected chi connectivity index (χ3v) is 4.28. The van der Waals surface area contributed by atoms with Gasteiger partial charge in [0, 0.05) is 6.54 Å². The highest BCUT2D eigenvalue weighted by Gasteiger charge is 2.42. The van der Waals surface area contributed by atoms with Gasteiger partial charge in [0.25, 0.3) is 0 Å². The molecule has 1 saturated carbocycles. The van der Waals surface area contributed by atoms with Crippen molar-refractivity contribution in [2.75, 3.05) is 6.61 Å². The van der Waals surface area contributed by atoms with Crippen LogP contribution in [0.1, 0.15) is 25.3 Å². The van der Waals surface area contributed by atoms with Crippen LogP contribution in [0.15, 0.2) is 36.9 Å². The second kappa shape index (κ2) is 6.37. The Balaban J connectivity index is 1.52. The van der Waals surface area contributed by atoms with Crippen LogP contribution in [0, 0.1) is 5.92 Å². The molecule has 2 amide bonds. The van der Waals surface area contributed by atoms with Crippen LogP contribution in [0.5, 0.6) is 0 Å². The van der Waals surface area contributed by atoms with Gasteiger partial charge in [-0.15, -0.1) is 0 Å². The highest BCUT2D eigenvalue weighted by Crippen LogP contribution is 2.39. The summed E-state index contributed by atoms with van der Waals surface area (Å²) in [6.07, 6.45) is 5.23. The van der Waals surface area contributed by atoms with Crippen LogP contribution in [-0.2, 0) is 6.54 Å². The summed E-state index contributed by atoms with van der Waals surface area (Å²) in [5.74, 6) is 0.375. The van der Waals surface area contributed by atoms with E-state index in [0.717, 1.165) is 24.1 Å². The van der Waals surface area contributed by atoms with Gasteiger partial charge in [-0.25, -0.2) is 14.5 Å². The van der Waals surface area contributed by atoms with Gasteiger partial charge in [-0.1, -0.05) is 12.1 Å². The van der Waals surface area contributed by atoms with Crippen molar-refractivity contribution in [2.45, 2.75) is 31.8 Å². The van der Waals surface area contributed by atoms with Crippen molar-refractivity contribution < 1.29 is 9.90 Å². The maximum Gasteiger partial charge on any atom is 0.315 e. The molecule has 1 aliphatic rings. The van der Waals surface area contributed by atoms with Crippen molar-refractivity contribution in [1.29, 1.82) is 0 Å². The Morgan fingerprint density at radius 1 is 1.39 bits per heavy atom. The van der Waals surface area contributed by atoms with Gasteiger partial charge < -0.3 is 15.7 Å². The SMILES string of the molecule is CC(CO)(NC(=O)NCc1ccc(-n2cncn2)cc1)C1CC1. The minimum Gasteiger partial charge on any atom is -0.394 e. The Kier molecular flexibility index (Phi) is 4.29. The summed E-state index contributed by atoms with van der Waals surface area (Å²) < 4.78 is 1.67. The number of aliphatic hydroxyl groups is 1. The number of hydrogen-bond donors (Lipinski definition) is 3. The summed E-state index contributed by atoms with van der Waals surface area (Å²) in [6, 6.07) is 7.46. The molecule has 7 nitrogen and oxygen atoms in total. The Hall–Kier alpha value is -2.41. The molecule has 1 aliphatic carbocycles. The molecule has 1 aromatic heterocycles. The van der Waals surface area contributed by atoms with Crippen molar-refractivity contribution in [3.05, 3.63) is 42.5 Å². The fourth-order valence-electron chi connectivity index (χ4n) is 2.59. The minimum absolute atomic E-state index is 0.0440. The molecule has 23 heavy (non-hydrogen) atoms. The Morgan fingerprint density at radius 2 is 2.13 bits per heavy atom. The molecule has 1 unspecified atom stereocenters. The van der Waals surface area contributed by atoms with E-state index in [4.69, 9.17) is 0 Å². The van der Waals surface area contributed by atoms with E-state index in [0.29, 0.717) is 12.5 Å². The number of urea groups is 1. The molecule has 7 heteroatoms. The van der Waals surface area contributed by atoms with Gasteiger partial charge in [-0.3, -0.25) is 0 Å². The largest absolute Gasteiger partial charge is 0.394 e. The second-order valence-electron chi connectivity index (χ2n) is 6.16. The standard InChI is InChI=1S/C16H21N5O2/c1-16(9-22,13-4-5-13)20-15(23)18-8-12-2-6-14(7-3-12)21-11-17-10-19-21/h2-3,6-7,10-11,13,22H,4-5,8-9H2,1H3,(H2,18,20,23). The lowest BCUT2D eigenvalue weighted by molar-refractivity contribution is 0.155. The van der Waals surface area contributed by atoms with Crippen molar-refractivity contribution in [3.63, 3.8) is 0 Å². The number of benzene rings is 1. The molecule has 1 atom stereocenters. The first kappa shape index (κ1) is 15.5. The summed E-state index contributed by atoms with van der Waals surface area (Å²) >= 11 is 0. The lowest BCUT2D eigenvalue weighted by atomic mass is 9.97. The third kappa shape index (κ3) is 3.68. The minimum atomic E-state index is -0.527. The van der Waals surface area contributed by atoms with Gasteiger partial charge in [0.2, 0.25) is 0 Å². The first-order valence-electron chi connectivity index (χ1n) is 7.71. The van der Waals surface area contributed by atoms with Gasteiger partial charge in [0.05, 0.1) is 17.8 Å². The summed E-state index contributed by atoms with van der Waals surface area (Å²) in [7, 11) is 0. The molecule has 0 radical (unpaired) electrons. The highest BCUT2D eigenvalue weighted by atomic mass is 16.3. The van der Waals surface area contributed by atoms with E-state index in [2.05, 4.69) is 20.7 Å². The fraction of sp³-hybridized carbons (Fsp3) is 0.438. The molecular formula is C16H21N5O2. The topological polar surface area (TPSA) is 92.1 Å². The molecule has 0 spiro atoms. The number of nitrogens with one attached hydrogen (secondary N) is 2. The molecule has 3 N–H and O–H groups in total. The predicted molar refractivity (Wildman–Crippen MR) is 84.9 cm³/mol. The zero-order chi connectivity index (χ0) is 16.3. The number of rotatable bonds is 6. The van der Waals surface area contributed by atoms with E-state index in [1.807, 2.05) is 31.2 Å². The predicted octanol–water partition coefficient (Wildman–Crippen LogP) is 1.23. The van der Waals surface area contributed by atoms with Gasteiger partial charge >= 0.3 is 6.03 Å². The lowest BCUT2D eigenvalue weighted by Crippen LogP contribution is -2.53. The van der Waals surface area contributed by atoms with Crippen LogP contribution in [0.3, 0.4) is 0 Å². The molecular weight excluding hydrogens is 294 g/mol. The lowest BCUT2D eigenvalue weighted by Gasteiger charge is -2.28. The van der Waals surface area contributed by atoms with Crippen LogP contribution in [0.2, 0.25) is 0 Å². The first-order valence-corrected chi connectivity index (χ1v) is 7.71. The van der Waals surface area contributed by atoms with Gasteiger partial charge in [-0.05, 0) is 43.4 Å².